The Balaban J connectivity index is 0.000000380. The summed E-state index contributed by atoms with van der Waals surface area (Å²) in [5.41, 5.74) is 0.719. The third kappa shape index (κ3) is 8.30. The van der Waals surface area contributed by atoms with Gasteiger partial charge in [0, 0.05) is 31.4 Å². The van der Waals surface area contributed by atoms with E-state index in [1.807, 2.05) is 22.6 Å². The lowest BCUT2D eigenvalue weighted by Crippen LogP contribution is -2.32. The predicted octanol–water partition coefficient (Wildman–Crippen LogP) is 1.95. The van der Waals surface area contributed by atoms with E-state index < -0.39 is 35.6 Å². The zero-order valence-electron chi connectivity index (χ0n) is 16.9. The molecule has 0 aliphatic carbocycles. The van der Waals surface area contributed by atoms with E-state index in [1.165, 1.54) is 24.3 Å². The molecule has 0 atom stereocenters. The number of amides is 5. The quantitative estimate of drug-likeness (QED) is 0.266. The first kappa shape index (κ1) is 29.4. The summed E-state index contributed by atoms with van der Waals surface area (Å²) in [6.07, 6.45) is 0.363. The summed E-state index contributed by atoms with van der Waals surface area (Å²) in [5.74, 6) is -3.49. The van der Waals surface area contributed by atoms with Crippen molar-refractivity contribution in [2.75, 3.05) is 14.2 Å². The van der Waals surface area contributed by atoms with E-state index in [-0.39, 0.29) is 49.0 Å². The second-order valence-electron chi connectivity index (χ2n) is 6.40. The minimum absolute atomic E-state index is 0. The van der Waals surface area contributed by atoms with E-state index in [4.69, 9.17) is 4.84 Å². The fourth-order valence-corrected chi connectivity index (χ4v) is 2.79. The molecule has 0 saturated carbocycles. The van der Waals surface area contributed by atoms with Crippen LogP contribution >= 0.6 is 45.2 Å². The van der Waals surface area contributed by atoms with Crippen molar-refractivity contribution in [3.63, 3.8) is 0 Å². The maximum Gasteiger partial charge on any atom is 0.363 e. The number of imide groups is 2. The van der Waals surface area contributed by atoms with Gasteiger partial charge in [-0.25, -0.2) is 9.59 Å². The van der Waals surface area contributed by atoms with Crippen molar-refractivity contribution in [2.45, 2.75) is 33.1 Å². The van der Waals surface area contributed by atoms with Gasteiger partial charge >= 0.3 is 11.9 Å². The molecular formula is C20H21I2N3O9. The third-order valence-corrected chi connectivity index (χ3v) is 5.33. The molecule has 12 nitrogen and oxygen atoms in total. The Morgan fingerprint density at radius 3 is 1.62 bits per heavy atom. The molecule has 0 radical (unpaired) electrons. The summed E-state index contributed by atoms with van der Waals surface area (Å²) in [6.45, 7) is 0. The molecule has 0 unspecified atom stereocenters. The number of hydroxylamine groups is 4. The lowest BCUT2D eigenvalue weighted by Gasteiger charge is -2.12. The van der Waals surface area contributed by atoms with E-state index in [0.717, 1.165) is 0 Å². The van der Waals surface area contributed by atoms with Crippen molar-refractivity contribution in [1.29, 1.82) is 0 Å². The molecule has 0 bridgehead atoms. The highest BCUT2D eigenvalue weighted by Crippen LogP contribution is 2.16. The molecule has 14 heteroatoms. The molecule has 2 aliphatic heterocycles. The number of hydrogen-bond acceptors (Lipinski definition) is 9. The minimum Gasteiger partial charge on any atom is -0.330 e. The number of benzene rings is 1. The summed E-state index contributed by atoms with van der Waals surface area (Å²) >= 11 is 3.72. The van der Waals surface area contributed by atoms with Crippen LogP contribution in [-0.4, -0.2) is 60.5 Å². The first-order valence-corrected chi connectivity index (χ1v) is 12.4. The molecule has 34 heavy (non-hydrogen) atoms. The van der Waals surface area contributed by atoms with Crippen molar-refractivity contribution >= 4 is 92.3 Å². The van der Waals surface area contributed by atoms with E-state index in [0.29, 0.717) is 20.2 Å². The normalized spacial score (nSPS) is 14.8. The smallest absolute Gasteiger partial charge is 0.330 e. The first-order chi connectivity index (χ1) is 15.7. The average Bonchev–Trinajstić information content (AvgIpc) is 3.29. The van der Waals surface area contributed by atoms with Crippen molar-refractivity contribution < 1.29 is 43.2 Å². The van der Waals surface area contributed by atoms with Crippen LogP contribution in [0.2, 0.25) is 0 Å². The standard InChI is InChI=1S/C13H11IN2O5.C6H6INO4.CH4/c14-7-10(17)15-9-3-1-8(2-4-9)13(20)21-16-11(18)5-6-12(16)19;7-3-6(11)12-8-4(9)1-2-5(8)10;/h1-4H,5-7H2,(H,15,17);1-3H2;1H4. The number of nitrogens with zero attached hydrogens (tertiary/aromatic N) is 2. The molecule has 2 aliphatic rings. The monoisotopic (exact) mass is 701 g/mol. The maximum atomic E-state index is 11.8. The van der Waals surface area contributed by atoms with Gasteiger partial charge in [0.25, 0.3) is 23.6 Å². The van der Waals surface area contributed by atoms with Gasteiger partial charge in [-0.2, -0.15) is 0 Å². The van der Waals surface area contributed by atoms with Gasteiger partial charge in [0.1, 0.15) is 4.43 Å². The molecule has 5 amide bonds. The number of halogens is 2. The number of rotatable bonds is 6. The molecule has 2 fully saturated rings. The van der Waals surface area contributed by atoms with Crippen LogP contribution in [0.4, 0.5) is 5.69 Å². The maximum absolute atomic E-state index is 11.8. The second kappa shape index (κ2) is 13.9. The molecular weight excluding hydrogens is 680 g/mol. The lowest BCUT2D eigenvalue weighted by molar-refractivity contribution is -0.195. The van der Waals surface area contributed by atoms with Gasteiger partial charge in [-0.3, -0.25) is 24.0 Å². The zero-order chi connectivity index (χ0) is 24.5. The van der Waals surface area contributed by atoms with Crippen LogP contribution in [0.1, 0.15) is 43.5 Å². The Morgan fingerprint density at radius 2 is 1.21 bits per heavy atom. The number of anilines is 1. The predicted molar refractivity (Wildman–Crippen MR) is 133 cm³/mol. The molecule has 3 rings (SSSR count). The lowest BCUT2D eigenvalue weighted by atomic mass is 10.2. The number of hydrogen-bond donors (Lipinski definition) is 1. The highest BCUT2D eigenvalue weighted by molar-refractivity contribution is 14.1. The van der Waals surface area contributed by atoms with Crippen LogP contribution in [-0.2, 0) is 38.4 Å². The molecule has 1 N–H and O–H groups in total. The largest absolute Gasteiger partial charge is 0.363 e. The molecule has 0 spiro atoms. The van der Waals surface area contributed by atoms with Crippen molar-refractivity contribution in [3.05, 3.63) is 29.8 Å². The number of carbonyl (C=O) groups is 7. The second-order valence-corrected chi connectivity index (χ2v) is 7.92. The Kier molecular flexibility index (Phi) is 12.0. The highest BCUT2D eigenvalue weighted by Gasteiger charge is 2.33. The van der Waals surface area contributed by atoms with Gasteiger partial charge < -0.3 is 15.0 Å². The van der Waals surface area contributed by atoms with Crippen LogP contribution in [0.5, 0.6) is 0 Å². The fourth-order valence-electron chi connectivity index (χ4n) is 2.46. The average molecular weight is 701 g/mol. The van der Waals surface area contributed by atoms with Gasteiger partial charge in [-0.15, -0.1) is 10.1 Å². The van der Waals surface area contributed by atoms with E-state index in [1.54, 1.807) is 22.6 Å². The van der Waals surface area contributed by atoms with Crippen LogP contribution in [0.3, 0.4) is 0 Å². The Labute approximate surface area is 221 Å². The number of alkyl halides is 2. The van der Waals surface area contributed by atoms with Crippen LogP contribution in [0.25, 0.3) is 0 Å². The Bertz CT molecular complexity index is 950. The van der Waals surface area contributed by atoms with E-state index in [9.17, 15) is 33.6 Å². The topological polar surface area (TPSA) is 156 Å². The van der Waals surface area contributed by atoms with Gasteiger partial charge in [0.05, 0.1) is 9.99 Å². The zero-order valence-corrected chi connectivity index (χ0v) is 21.2. The van der Waals surface area contributed by atoms with Crippen LogP contribution < -0.4 is 5.32 Å². The van der Waals surface area contributed by atoms with Crippen molar-refractivity contribution in [2.24, 2.45) is 0 Å². The SMILES string of the molecule is C.O=C(CI)Nc1ccc(C(=O)ON2C(=O)CCC2=O)cc1.O=C(CI)ON1C(=O)CCC1=O. The summed E-state index contributed by atoms with van der Waals surface area (Å²) in [4.78, 5) is 87.4. The summed E-state index contributed by atoms with van der Waals surface area (Å²) in [7, 11) is 0. The van der Waals surface area contributed by atoms with Crippen molar-refractivity contribution in [1.82, 2.24) is 10.1 Å². The van der Waals surface area contributed by atoms with Crippen LogP contribution in [0, 0.1) is 0 Å². The minimum atomic E-state index is -0.801. The number of carbonyl (C=O) groups excluding carboxylic acids is 7. The van der Waals surface area contributed by atoms with E-state index >= 15 is 0 Å². The van der Waals surface area contributed by atoms with Crippen LogP contribution in [0.15, 0.2) is 24.3 Å². The summed E-state index contributed by atoms with van der Waals surface area (Å²) < 4.78 is 0.440. The molecule has 2 heterocycles. The molecule has 184 valence electrons. The first-order valence-electron chi connectivity index (χ1n) is 9.32. The Hall–Kier alpha value is -2.63. The third-order valence-electron chi connectivity index (χ3n) is 4.01. The van der Waals surface area contributed by atoms with Gasteiger partial charge in [0.15, 0.2) is 0 Å². The fraction of sp³-hybridized carbons (Fsp3) is 0.350. The number of nitrogens with one attached hydrogen (secondary N) is 1. The Morgan fingerprint density at radius 1 is 0.765 bits per heavy atom. The highest BCUT2D eigenvalue weighted by atomic mass is 127. The molecule has 1 aromatic carbocycles. The summed E-state index contributed by atoms with van der Waals surface area (Å²) in [6, 6.07) is 5.95. The van der Waals surface area contributed by atoms with Gasteiger partial charge in [-0.05, 0) is 24.3 Å². The van der Waals surface area contributed by atoms with Gasteiger partial charge in [-0.1, -0.05) is 52.6 Å². The van der Waals surface area contributed by atoms with Crippen molar-refractivity contribution in [3.8, 4) is 0 Å². The molecule has 2 saturated heterocycles. The molecule has 0 aromatic heterocycles. The van der Waals surface area contributed by atoms with Gasteiger partial charge in [0.2, 0.25) is 5.91 Å². The summed E-state index contributed by atoms with van der Waals surface area (Å²) in [5, 5.41) is 3.66. The molecule has 1 aromatic rings. The van der Waals surface area contributed by atoms with E-state index in [2.05, 4.69) is 10.2 Å².